The molecule has 5 rings (SSSR count). The number of nitrogens with zero attached hydrogens (tertiary/aromatic N) is 5. The SMILES string of the molecule is CCCc1noc(Cn2cnc3c4cc(C)ccc4n(CC(=O)Nc4ccccc4CC)c3c2=O)n1. The standard InChI is InChI=1S/C27H28N6O3/c1-4-8-22-30-24(36-31-22)15-32-16-28-25-19-13-17(3)11-12-21(19)33(26(25)27(32)35)14-23(34)29-20-10-7-6-9-18(20)5-2/h6-7,9-13,16H,4-5,8,14-15H2,1-3H3,(H,29,34). The van der Waals surface area contributed by atoms with E-state index in [1.54, 1.807) is 4.57 Å². The lowest BCUT2D eigenvalue weighted by molar-refractivity contribution is -0.116. The van der Waals surface area contributed by atoms with Crippen molar-refractivity contribution in [3.8, 4) is 0 Å². The van der Waals surface area contributed by atoms with Crippen LogP contribution in [0.5, 0.6) is 0 Å². The van der Waals surface area contributed by atoms with Gasteiger partial charge in [-0.3, -0.25) is 14.2 Å². The Bertz CT molecular complexity index is 1630. The molecule has 184 valence electrons. The second-order valence-electron chi connectivity index (χ2n) is 8.89. The monoisotopic (exact) mass is 484 g/mol. The number of aromatic nitrogens is 5. The summed E-state index contributed by atoms with van der Waals surface area (Å²) in [7, 11) is 0. The molecule has 36 heavy (non-hydrogen) atoms. The fourth-order valence-electron chi connectivity index (χ4n) is 4.50. The normalized spacial score (nSPS) is 11.4. The lowest BCUT2D eigenvalue weighted by Crippen LogP contribution is -2.25. The van der Waals surface area contributed by atoms with Crippen molar-refractivity contribution in [3.05, 3.63) is 82.0 Å². The molecule has 0 fully saturated rings. The Morgan fingerprint density at radius 3 is 2.78 bits per heavy atom. The number of amides is 1. The van der Waals surface area contributed by atoms with Gasteiger partial charge in [0.15, 0.2) is 5.82 Å². The van der Waals surface area contributed by atoms with E-state index in [0.29, 0.717) is 29.2 Å². The fourth-order valence-corrected chi connectivity index (χ4v) is 4.50. The van der Waals surface area contributed by atoms with Gasteiger partial charge >= 0.3 is 0 Å². The zero-order valence-corrected chi connectivity index (χ0v) is 20.6. The van der Waals surface area contributed by atoms with Crippen molar-refractivity contribution in [1.82, 2.24) is 24.3 Å². The number of anilines is 1. The van der Waals surface area contributed by atoms with Gasteiger partial charge in [0.2, 0.25) is 11.8 Å². The van der Waals surface area contributed by atoms with Gasteiger partial charge in [-0.15, -0.1) is 0 Å². The average Bonchev–Trinajstić information content (AvgIpc) is 3.43. The minimum Gasteiger partial charge on any atom is -0.337 e. The first-order chi connectivity index (χ1) is 17.5. The maximum atomic E-state index is 13.7. The van der Waals surface area contributed by atoms with Crippen molar-refractivity contribution in [2.24, 2.45) is 0 Å². The van der Waals surface area contributed by atoms with E-state index < -0.39 is 0 Å². The van der Waals surface area contributed by atoms with Crippen molar-refractivity contribution in [2.75, 3.05) is 5.32 Å². The highest BCUT2D eigenvalue weighted by Crippen LogP contribution is 2.27. The molecule has 3 aromatic heterocycles. The molecule has 0 saturated carbocycles. The van der Waals surface area contributed by atoms with Crippen LogP contribution in [-0.2, 0) is 30.7 Å². The molecule has 1 N–H and O–H groups in total. The minimum atomic E-state index is -0.272. The quantitative estimate of drug-likeness (QED) is 0.353. The second-order valence-corrected chi connectivity index (χ2v) is 8.89. The summed E-state index contributed by atoms with van der Waals surface area (Å²) in [5, 5.41) is 7.81. The molecule has 2 aromatic carbocycles. The summed E-state index contributed by atoms with van der Waals surface area (Å²) in [5.74, 6) is 0.739. The third-order valence-corrected chi connectivity index (χ3v) is 6.25. The zero-order chi connectivity index (χ0) is 25.2. The van der Waals surface area contributed by atoms with E-state index in [-0.39, 0.29) is 24.6 Å². The van der Waals surface area contributed by atoms with Gasteiger partial charge in [0.25, 0.3) is 5.56 Å². The third kappa shape index (κ3) is 4.39. The molecule has 9 nitrogen and oxygen atoms in total. The van der Waals surface area contributed by atoms with Crippen LogP contribution in [0.2, 0.25) is 0 Å². The van der Waals surface area contributed by atoms with Gasteiger partial charge < -0.3 is 14.4 Å². The number of benzene rings is 2. The van der Waals surface area contributed by atoms with Crippen LogP contribution in [-0.4, -0.2) is 30.2 Å². The summed E-state index contributed by atoms with van der Waals surface area (Å²) >= 11 is 0. The van der Waals surface area contributed by atoms with Gasteiger partial charge in [-0.05, 0) is 43.5 Å². The highest BCUT2D eigenvalue weighted by Gasteiger charge is 2.20. The number of aryl methyl sites for hydroxylation is 3. The van der Waals surface area contributed by atoms with Crippen LogP contribution in [0, 0.1) is 6.92 Å². The molecule has 5 aromatic rings. The summed E-state index contributed by atoms with van der Waals surface area (Å²) in [6.07, 6.45) is 3.91. The number of hydrogen-bond donors (Lipinski definition) is 1. The smallest absolute Gasteiger partial charge is 0.278 e. The highest BCUT2D eigenvalue weighted by atomic mass is 16.5. The summed E-state index contributed by atoms with van der Waals surface area (Å²) in [4.78, 5) is 35.8. The van der Waals surface area contributed by atoms with E-state index in [1.165, 1.54) is 10.9 Å². The Balaban J connectivity index is 1.56. The lowest BCUT2D eigenvalue weighted by atomic mass is 10.1. The maximum Gasteiger partial charge on any atom is 0.278 e. The van der Waals surface area contributed by atoms with E-state index in [4.69, 9.17) is 4.52 Å². The lowest BCUT2D eigenvalue weighted by Gasteiger charge is -2.12. The Labute approximate surface area is 207 Å². The van der Waals surface area contributed by atoms with Gasteiger partial charge in [0, 0.05) is 17.5 Å². The van der Waals surface area contributed by atoms with Crippen LogP contribution >= 0.6 is 0 Å². The predicted octanol–water partition coefficient (Wildman–Crippen LogP) is 4.24. The number of rotatable bonds is 8. The summed E-state index contributed by atoms with van der Waals surface area (Å²) in [6, 6.07) is 13.6. The summed E-state index contributed by atoms with van der Waals surface area (Å²) < 4.78 is 8.52. The van der Waals surface area contributed by atoms with E-state index in [2.05, 4.69) is 20.4 Å². The minimum absolute atomic E-state index is 0.0246. The number of hydrogen-bond acceptors (Lipinski definition) is 6. The molecule has 0 bridgehead atoms. The fraction of sp³-hybridized carbons (Fsp3) is 0.296. The number of fused-ring (bicyclic) bond motifs is 3. The molecule has 0 aliphatic carbocycles. The summed E-state index contributed by atoms with van der Waals surface area (Å²) in [5.41, 5.74) is 4.30. The molecule has 3 heterocycles. The first-order valence-electron chi connectivity index (χ1n) is 12.2. The van der Waals surface area contributed by atoms with Crippen LogP contribution < -0.4 is 10.9 Å². The van der Waals surface area contributed by atoms with Crippen LogP contribution in [0.25, 0.3) is 21.9 Å². The molecular formula is C27H28N6O3. The van der Waals surface area contributed by atoms with E-state index in [9.17, 15) is 9.59 Å². The first-order valence-corrected chi connectivity index (χ1v) is 12.2. The Hall–Kier alpha value is -4.27. The largest absolute Gasteiger partial charge is 0.337 e. The number of para-hydroxylation sites is 1. The Morgan fingerprint density at radius 2 is 1.97 bits per heavy atom. The predicted molar refractivity (Wildman–Crippen MR) is 138 cm³/mol. The maximum absolute atomic E-state index is 13.7. The van der Waals surface area contributed by atoms with Crippen LogP contribution in [0.3, 0.4) is 0 Å². The van der Waals surface area contributed by atoms with Crippen molar-refractivity contribution >= 4 is 33.5 Å². The molecule has 0 aliphatic rings. The Kier molecular flexibility index (Phi) is 6.37. The molecule has 0 unspecified atom stereocenters. The summed E-state index contributed by atoms with van der Waals surface area (Å²) in [6.45, 7) is 6.15. The van der Waals surface area contributed by atoms with E-state index >= 15 is 0 Å². The van der Waals surface area contributed by atoms with Crippen molar-refractivity contribution in [3.63, 3.8) is 0 Å². The molecular weight excluding hydrogens is 456 g/mol. The van der Waals surface area contributed by atoms with Crippen LogP contribution in [0.4, 0.5) is 5.69 Å². The molecule has 0 atom stereocenters. The van der Waals surface area contributed by atoms with Crippen LogP contribution in [0.15, 0.2) is 58.1 Å². The van der Waals surface area contributed by atoms with Gasteiger partial charge in [0.1, 0.15) is 24.1 Å². The van der Waals surface area contributed by atoms with Crippen molar-refractivity contribution < 1.29 is 9.32 Å². The average molecular weight is 485 g/mol. The molecule has 0 spiro atoms. The molecule has 0 radical (unpaired) electrons. The van der Waals surface area contributed by atoms with E-state index in [0.717, 1.165) is 40.6 Å². The second kappa shape index (κ2) is 9.77. The molecule has 0 saturated heterocycles. The van der Waals surface area contributed by atoms with Gasteiger partial charge in [-0.1, -0.05) is 48.8 Å². The highest BCUT2D eigenvalue weighted by molar-refractivity contribution is 6.06. The number of carbonyl (C=O) groups excluding carboxylic acids is 1. The van der Waals surface area contributed by atoms with Gasteiger partial charge in [-0.25, -0.2) is 4.98 Å². The van der Waals surface area contributed by atoms with Gasteiger partial charge in [-0.2, -0.15) is 4.98 Å². The van der Waals surface area contributed by atoms with E-state index in [1.807, 2.05) is 63.2 Å². The number of nitrogens with one attached hydrogen (secondary N) is 1. The van der Waals surface area contributed by atoms with Gasteiger partial charge in [0.05, 0.1) is 11.8 Å². The topological polar surface area (TPSA) is 108 Å². The van der Waals surface area contributed by atoms with Crippen molar-refractivity contribution in [1.29, 1.82) is 0 Å². The van der Waals surface area contributed by atoms with Crippen LogP contribution in [0.1, 0.15) is 43.1 Å². The molecule has 0 aliphatic heterocycles. The zero-order valence-electron chi connectivity index (χ0n) is 20.6. The Morgan fingerprint density at radius 1 is 1.14 bits per heavy atom. The third-order valence-electron chi connectivity index (χ3n) is 6.25. The molecule has 9 heteroatoms. The number of carbonyl (C=O) groups is 1. The van der Waals surface area contributed by atoms with Crippen molar-refractivity contribution in [2.45, 2.75) is 53.1 Å². The first kappa shape index (κ1) is 23.5. The molecule has 1 amide bonds.